The highest BCUT2D eigenvalue weighted by atomic mass is 32.2. The molecule has 24 heavy (non-hydrogen) atoms. The fourth-order valence-corrected chi connectivity index (χ4v) is 4.82. The molecule has 0 aliphatic rings. The van der Waals surface area contributed by atoms with E-state index < -0.39 is 21.9 Å². The van der Waals surface area contributed by atoms with E-state index in [1.54, 1.807) is 0 Å². The van der Waals surface area contributed by atoms with Gasteiger partial charge in [0.05, 0.1) is 11.0 Å². The third-order valence-electron chi connectivity index (χ3n) is 3.76. The fourth-order valence-electron chi connectivity index (χ4n) is 2.55. The van der Waals surface area contributed by atoms with Gasteiger partial charge in [0.2, 0.25) is 10.0 Å². The lowest BCUT2D eigenvalue weighted by atomic mass is 10.1. The maximum atomic E-state index is 13.1. The molecule has 2 aromatic carbocycles. The molecule has 0 radical (unpaired) electrons. The highest BCUT2D eigenvalue weighted by molar-refractivity contribution is 7.89. The molecule has 2 N–H and O–H groups in total. The molecule has 1 heterocycles. The summed E-state index contributed by atoms with van der Waals surface area (Å²) >= 11 is 1.50. The van der Waals surface area contributed by atoms with Crippen LogP contribution in [0.1, 0.15) is 17.2 Å². The average Bonchev–Trinajstić information content (AvgIpc) is 2.96. The molecule has 0 saturated heterocycles. The molecule has 3 rings (SSSR count). The number of nitrogens with one attached hydrogen (secondary N) is 1. The van der Waals surface area contributed by atoms with Crippen molar-refractivity contribution >= 4 is 31.4 Å². The van der Waals surface area contributed by atoms with Gasteiger partial charge in [0.15, 0.2) is 0 Å². The Morgan fingerprint density at radius 3 is 2.75 bits per heavy atom. The van der Waals surface area contributed by atoms with Crippen LogP contribution in [0.4, 0.5) is 4.39 Å². The third kappa shape index (κ3) is 3.34. The van der Waals surface area contributed by atoms with Crippen molar-refractivity contribution < 1.29 is 17.9 Å². The monoisotopic (exact) mass is 365 g/mol. The number of aryl methyl sites for hydroxylation is 1. The van der Waals surface area contributed by atoms with Crippen LogP contribution in [0.25, 0.3) is 10.1 Å². The largest absolute Gasteiger partial charge is 0.387 e. The second-order valence-electron chi connectivity index (χ2n) is 5.46. The molecule has 1 unspecified atom stereocenters. The summed E-state index contributed by atoms with van der Waals surface area (Å²) in [7, 11) is -3.82. The molecule has 0 aliphatic carbocycles. The lowest BCUT2D eigenvalue weighted by Gasteiger charge is -2.13. The number of hydrogen-bond donors (Lipinski definition) is 2. The van der Waals surface area contributed by atoms with Gasteiger partial charge < -0.3 is 5.11 Å². The SMILES string of the molecule is Cc1cc(F)ccc1S(=O)(=O)NCC(O)c1csc2ccccc12. The summed E-state index contributed by atoms with van der Waals surface area (Å²) in [6, 6.07) is 11.1. The molecule has 3 aromatic rings. The van der Waals surface area contributed by atoms with Gasteiger partial charge in [-0.25, -0.2) is 17.5 Å². The van der Waals surface area contributed by atoms with Crippen molar-refractivity contribution in [1.29, 1.82) is 0 Å². The van der Waals surface area contributed by atoms with Gasteiger partial charge >= 0.3 is 0 Å². The minimum atomic E-state index is -3.82. The Balaban J connectivity index is 1.79. The van der Waals surface area contributed by atoms with Crippen LogP contribution in [-0.2, 0) is 10.0 Å². The van der Waals surface area contributed by atoms with E-state index in [4.69, 9.17) is 0 Å². The summed E-state index contributed by atoms with van der Waals surface area (Å²) in [5, 5.41) is 13.1. The maximum Gasteiger partial charge on any atom is 0.240 e. The highest BCUT2D eigenvalue weighted by Gasteiger charge is 2.20. The zero-order valence-electron chi connectivity index (χ0n) is 12.9. The molecule has 7 heteroatoms. The van der Waals surface area contributed by atoms with Crippen molar-refractivity contribution in [3.63, 3.8) is 0 Å². The molecule has 0 fully saturated rings. The smallest absolute Gasteiger partial charge is 0.240 e. The first kappa shape index (κ1) is 17.0. The Labute approximate surface area is 143 Å². The van der Waals surface area contributed by atoms with E-state index in [0.717, 1.165) is 22.2 Å². The van der Waals surface area contributed by atoms with Crippen LogP contribution in [0, 0.1) is 12.7 Å². The topological polar surface area (TPSA) is 66.4 Å². The molecular weight excluding hydrogens is 349 g/mol. The molecular formula is C17H16FNO3S2. The lowest BCUT2D eigenvalue weighted by molar-refractivity contribution is 0.184. The number of rotatable bonds is 5. The molecule has 0 aliphatic heterocycles. The molecule has 126 valence electrons. The van der Waals surface area contributed by atoms with Gasteiger partial charge in [-0.2, -0.15) is 0 Å². The van der Waals surface area contributed by atoms with Gasteiger partial charge in [0, 0.05) is 16.8 Å². The normalized spacial score (nSPS) is 13.3. The zero-order chi connectivity index (χ0) is 17.3. The number of halogens is 1. The average molecular weight is 365 g/mol. The minimum absolute atomic E-state index is 0.00581. The predicted octanol–water partition coefficient (Wildman–Crippen LogP) is 3.36. The molecule has 0 spiro atoms. The first-order chi connectivity index (χ1) is 11.4. The lowest BCUT2D eigenvalue weighted by Crippen LogP contribution is -2.29. The first-order valence-corrected chi connectivity index (χ1v) is 9.65. The van der Waals surface area contributed by atoms with E-state index in [1.165, 1.54) is 24.3 Å². The number of benzene rings is 2. The Morgan fingerprint density at radius 2 is 2.00 bits per heavy atom. The number of fused-ring (bicyclic) bond motifs is 1. The number of aliphatic hydroxyl groups excluding tert-OH is 1. The molecule has 4 nitrogen and oxygen atoms in total. The van der Waals surface area contributed by atoms with Gasteiger partial charge in [-0.15, -0.1) is 11.3 Å². The van der Waals surface area contributed by atoms with Crippen molar-refractivity contribution in [3.8, 4) is 0 Å². The maximum absolute atomic E-state index is 13.1. The Morgan fingerprint density at radius 1 is 1.25 bits per heavy atom. The van der Waals surface area contributed by atoms with Crippen LogP contribution in [0.3, 0.4) is 0 Å². The molecule has 0 bridgehead atoms. The first-order valence-electron chi connectivity index (χ1n) is 7.28. The summed E-state index contributed by atoms with van der Waals surface area (Å²) < 4.78 is 41.3. The number of hydrogen-bond acceptors (Lipinski definition) is 4. The third-order valence-corrected chi connectivity index (χ3v) is 6.33. The summed E-state index contributed by atoms with van der Waals surface area (Å²) in [5.74, 6) is -0.490. The van der Waals surface area contributed by atoms with Crippen molar-refractivity contribution in [2.75, 3.05) is 6.54 Å². The summed E-state index contributed by atoms with van der Waals surface area (Å²) in [4.78, 5) is 0.00581. The van der Waals surface area contributed by atoms with Gasteiger partial charge in [-0.1, -0.05) is 18.2 Å². The van der Waals surface area contributed by atoms with E-state index in [1.807, 2.05) is 29.6 Å². The second-order valence-corrected chi connectivity index (χ2v) is 8.11. The highest BCUT2D eigenvalue weighted by Crippen LogP contribution is 2.30. The van der Waals surface area contributed by atoms with E-state index >= 15 is 0 Å². The van der Waals surface area contributed by atoms with Crippen LogP contribution >= 0.6 is 11.3 Å². The molecule has 0 amide bonds. The minimum Gasteiger partial charge on any atom is -0.387 e. The number of aliphatic hydroxyl groups is 1. The van der Waals surface area contributed by atoms with Crippen molar-refractivity contribution in [1.82, 2.24) is 4.72 Å². The van der Waals surface area contributed by atoms with E-state index in [2.05, 4.69) is 4.72 Å². The summed E-state index contributed by atoms with van der Waals surface area (Å²) in [6.07, 6.45) is -0.961. The quantitative estimate of drug-likeness (QED) is 0.729. The standard InChI is InChI=1S/C17H16FNO3S2/c1-11-8-12(18)6-7-17(11)24(21,22)19-9-15(20)14-10-23-16-5-3-2-4-13(14)16/h2-8,10,15,19-20H,9H2,1H3. The molecule has 1 atom stereocenters. The van der Waals surface area contributed by atoms with Gasteiger partial charge in [-0.05, 0) is 47.5 Å². The van der Waals surface area contributed by atoms with E-state index in [9.17, 15) is 17.9 Å². The summed E-state index contributed by atoms with van der Waals surface area (Å²) in [5.41, 5.74) is 1.01. The number of sulfonamides is 1. The van der Waals surface area contributed by atoms with Gasteiger partial charge in [-0.3, -0.25) is 0 Å². The van der Waals surface area contributed by atoms with Gasteiger partial charge in [0.25, 0.3) is 0 Å². The predicted molar refractivity (Wildman–Crippen MR) is 93.1 cm³/mol. The van der Waals surface area contributed by atoms with Crippen molar-refractivity contribution in [3.05, 3.63) is 64.8 Å². The zero-order valence-corrected chi connectivity index (χ0v) is 14.5. The van der Waals surface area contributed by atoms with Crippen molar-refractivity contribution in [2.45, 2.75) is 17.9 Å². The number of thiophene rings is 1. The van der Waals surface area contributed by atoms with Crippen LogP contribution in [-0.4, -0.2) is 20.1 Å². The van der Waals surface area contributed by atoms with Crippen LogP contribution in [0.2, 0.25) is 0 Å². The Kier molecular flexibility index (Phi) is 4.69. The Hall–Kier alpha value is -1.80. The fraction of sp³-hybridized carbons (Fsp3) is 0.176. The second kappa shape index (κ2) is 6.60. The van der Waals surface area contributed by atoms with Crippen LogP contribution < -0.4 is 4.72 Å². The molecule has 0 saturated carbocycles. The van der Waals surface area contributed by atoms with E-state index in [-0.39, 0.29) is 11.4 Å². The van der Waals surface area contributed by atoms with E-state index in [0.29, 0.717) is 11.1 Å². The van der Waals surface area contributed by atoms with Crippen LogP contribution in [0.15, 0.2) is 52.7 Å². The van der Waals surface area contributed by atoms with Gasteiger partial charge in [0.1, 0.15) is 5.82 Å². The summed E-state index contributed by atoms with van der Waals surface area (Å²) in [6.45, 7) is 1.38. The Bertz CT molecular complexity index is 982. The van der Waals surface area contributed by atoms with Crippen LogP contribution in [0.5, 0.6) is 0 Å². The van der Waals surface area contributed by atoms with Crippen molar-refractivity contribution in [2.24, 2.45) is 0 Å². The molecule has 1 aromatic heterocycles.